The van der Waals surface area contributed by atoms with E-state index in [-0.39, 0.29) is 23.6 Å². The normalized spacial score (nSPS) is 23.2. The molecular formula is C51H58N2O15. The summed E-state index contributed by atoms with van der Waals surface area (Å²) in [6, 6.07) is 19.3. The van der Waals surface area contributed by atoms with Gasteiger partial charge in [0.25, 0.3) is 0 Å². The van der Waals surface area contributed by atoms with E-state index in [2.05, 4.69) is 36.0 Å². The zero-order chi connectivity index (χ0) is 48.4. The van der Waals surface area contributed by atoms with Crippen molar-refractivity contribution in [1.82, 2.24) is 9.80 Å². The first-order chi connectivity index (χ1) is 32.6. The fourth-order valence-electron chi connectivity index (χ4n) is 9.61. The molecule has 7 atom stereocenters. The Morgan fingerprint density at radius 3 is 1.88 bits per heavy atom. The maximum absolute atomic E-state index is 12.7. The SMILES string of the molecule is COc1cc2c3cc1Oc1c(OC)c(OC)cc4c1[C@@H](Cc1ccc(O[C@H]5O[C@@H](COC(C)=O)[C@H](OC(C)=O)[C@@H](OC(C)=O)[C@@H]5OC(C)=O)c(c1)Oc1ccc(cc1)C[C@@H]3N(C)CC2)N(C)CC4. The summed E-state index contributed by atoms with van der Waals surface area (Å²) in [5.41, 5.74) is 6.23. The lowest BCUT2D eigenvalue weighted by molar-refractivity contribution is -0.288. The highest BCUT2D eigenvalue weighted by molar-refractivity contribution is 5.69. The molecule has 0 aliphatic carbocycles. The Balaban J connectivity index is 1.26. The van der Waals surface area contributed by atoms with Crippen molar-refractivity contribution in [3.05, 3.63) is 94.0 Å². The van der Waals surface area contributed by atoms with Gasteiger partial charge in [0, 0.05) is 58.4 Å². The Bertz CT molecular complexity index is 2550. The zero-order valence-corrected chi connectivity index (χ0v) is 39.8. The molecule has 17 heteroatoms. The van der Waals surface area contributed by atoms with E-state index in [1.807, 2.05) is 42.5 Å². The third kappa shape index (κ3) is 10.1. The zero-order valence-electron chi connectivity index (χ0n) is 39.8. The molecule has 17 nitrogen and oxygen atoms in total. The minimum absolute atomic E-state index is 0.0101. The van der Waals surface area contributed by atoms with Gasteiger partial charge < -0.3 is 52.1 Å². The van der Waals surface area contributed by atoms with Crippen molar-refractivity contribution in [3.63, 3.8) is 0 Å². The van der Waals surface area contributed by atoms with E-state index in [9.17, 15) is 19.2 Å². The van der Waals surface area contributed by atoms with E-state index in [0.717, 1.165) is 67.6 Å². The van der Waals surface area contributed by atoms with Crippen molar-refractivity contribution in [2.75, 3.05) is 55.1 Å². The van der Waals surface area contributed by atoms with E-state index in [0.29, 0.717) is 47.3 Å². The van der Waals surface area contributed by atoms with Crippen LogP contribution in [0, 0.1) is 0 Å². The summed E-state index contributed by atoms with van der Waals surface area (Å²) in [6.07, 6.45) is -4.25. The molecule has 1 fully saturated rings. The van der Waals surface area contributed by atoms with Gasteiger partial charge in [-0.2, -0.15) is 0 Å². The molecule has 0 amide bonds. The van der Waals surface area contributed by atoms with Crippen LogP contribution in [-0.2, 0) is 68.5 Å². The Morgan fingerprint density at radius 1 is 0.618 bits per heavy atom. The van der Waals surface area contributed by atoms with Crippen LogP contribution < -0.4 is 28.4 Å². The fraction of sp³-hybridized carbons (Fsp3) is 0.451. The summed E-state index contributed by atoms with van der Waals surface area (Å²) >= 11 is 0. The van der Waals surface area contributed by atoms with Gasteiger partial charge in [0.1, 0.15) is 18.5 Å². The number of ether oxygens (including phenoxy) is 11. The summed E-state index contributed by atoms with van der Waals surface area (Å²) in [6.45, 7) is 5.87. The van der Waals surface area contributed by atoms with Crippen LogP contribution in [0.4, 0.5) is 0 Å². The smallest absolute Gasteiger partial charge is 0.303 e. The molecule has 68 heavy (non-hydrogen) atoms. The predicted molar refractivity (Wildman–Crippen MR) is 244 cm³/mol. The van der Waals surface area contributed by atoms with Crippen molar-refractivity contribution in [1.29, 1.82) is 0 Å². The summed E-state index contributed by atoms with van der Waals surface area (Å²) < 4.78 is 67.1. The van der Waals surface area contributed by atoms with Crippen LogP contribution in [0.15, 0.2) is 60.7 Å². The summed E-state index contributed by atoms with van der Waals surface area (Å²) in [5.74, 6) is 0.741. The van der Waals surface area contributed by atoms with Gasteiger partial charge in [-0.1, -0.05) is 18.2 Å². The Hall–Kier alpha value is -6.56. The molecule has 9 rings (SSSR count). The number of nitrogens with zero attached hydrogens (tertiary/aromatic N) is 2. The number of carbonyl (C=O) groups excluding carboxylic acids is 4. The van der Waals surface area contributed by atoms with Gasteiger partial charge in [-0.3, -0.25) is 29.0 Å². The average Bonchev–Trinajstić information content (AvgIpc) is 3.29. The molecule has 362 valence electrons. The van der Waals surface area contributed by atoms with Crippen LogP contribution in [0.5, 0.6) is 46.0 Å². The Kier molecular flexibility index (Phi) is 14.3. The molecule has 5 heterocycles. The number of methoxy groups -OCH3 is 3. The third-order valence-corrected chi connectivity index (χ3v) is 12.8. The van der Waals surface area contributed by atoms with E-state index in [1.54, 1.807) is 27.4 Å². The van der Waals surface area contributed by atoms with Crippen LogP contribution in [-0.4, -0.2) is 120 Å². The predicted octanol–water partition coefficient (Wildman–Crippen LogP) is 6.62. The second-order valence-corrected chi connectivity index (χ2v) is 17.4. The summed E-state index contributed by atoms with van der Waals surface area (Å²) in [5, 5.41) is 0. The topological polar surface area (TPSA) is 176 Å². The Morgan fingerprint density at radius 2 is 1.22 bits per heavy atom. The first-order valence-electron chi connectivity index (χ1n) is 22.6. The number of hydrogen-bond acceptors (Lipinski definition) is 17. The number of likely N-dealkylation sites (N-methyl/N-ethyl adjacent to an activating group) is 2. The number of esters is 4. The van der Waals surface area contributed by atoms with Gasteiger partial charge in [-0.25, -0.2) is 0 Å². The minimum Gasteiger partial charge on any atom is -0.493 e. The monoisotopic (exact) mass is 938 g/mol. The van der Waals surface area contributed by atoms with E-state index in [1.165, 1.54) is 19.4 Å². The highest BCUT2D eigenvalue weighted by Crippen LogP contribution is 2.52. The van der Waals surface area contributed by atoms with Crippen LogP contribution in [0.3, 0.4) is 0 Å². The molecule has 0 aromatic heterocycles. The van der Waals surface area contributed by atoms with Crippen LogP contribution in [0.25, 0.3) is 0 Å². The molecule has 6 bridgehead atoms. The molecule has 0 saturated carbocycles. The van der Waals surface area contributed by atoms with Crippen LogP contribution in [0.2, 0.25) is 0 Å². The lowest BCUT2D eigenvalue weighted by atomic mass is 9.87. The molecule has 5 aliphatic heterocycles. The van der Waals surface area contributed by atoms with Gasteiger partial charge in [0.2, 0.25) is 18.1 Å². The number of rotatable bonds is 10. The largest absolute Gasteiger partial charge is 0.493 e. The standard InChI is InChI=1S/C51H58N2O15/c1-27(54)61-26-44-47(62-28(2)55)49(63-29(3)56)50(64-30(4)57)51(68-44)67-39-15-12-32-21-38-45-34(17-19-53(38)6)24-43(59-8)46(60-9)48(45)66-42-25-36-33(23-40(42)58-7)16-18-52(5)37(36)20-31-10-13-35(14-11-31)65-41(39)22-32/h10-15,22-25,37-38,44,47,49-51H,16-21,26H2,1-9H3/t37-,38+,44-,47-,49+,50-,51-/m0/s1. The van der Waals surface area contributed by atoms with Crippen LogP contribution in [0.1, 0.15) is 73.2 Å². The van der Waals surface area contributed by atoms with Crippen molar-refractivity contribution in [2.24, 2.45) is 0 Å². The van der Waals surface area contributed by atoms with Gasteiger partial charge >= 0.3 is 23.9 Å². The molecule has 0 N–H and O–H groups in total. The Labute approximate surface area is 395 Å². The van der Waals surface area contributed by atoms with Gasteiger partial charge in [0.05, 0.1) is 21.3 Å². The average molecular weight is 939 g/mol. The summed E-state index contributed by atoms with van der Waals surface area (Å²) in [4.78, 5) is 54.3. The van der Waals surface area contributed by atoms with Gasteiger partial charge in [0.15, 0.2) is 46.7 Å². The van der Waals surface area contributed by atoms with Gasteiger partial charge in [-0.15, -0.1) is 0 Å². The molecule has 0 spiro atoms. The molecule has 0 unspecified atom stereocenters. The molecule has 4 aromatic carbocycles. The van der Waals surface area contributed by atoms with E-state index in [4.69, 9.17) is 52.1 Å². The van der Waals surface area contributed by atoms with Crippen molar-refractivity contribution >= 4 is 23.9 Å². The third-order valence-electron chi connectivity index (χ3n) is 12.8. The highest BCUT2D eigenvalue weighted by Gasteiger charge is 2.53. The lowest BCUT2D eigenvalue weighted by Crippen LogP contribution is -2.63. The fourth-order valence-corrected chi connectivity index (χ4v) is 9.61. The second kappa shape index (κ2) is 20.3. The second-order valence-electron chi connectivity index (χ2n) is 17.4. The van der Waals surface area contributed by atoms with Crippen molar-refractivity contribution < 1.29 is 71.3 Å². The molecule has 1 saturated heterocycles. The van der Waals surface area contributed by atoms with Gasteiger partial charge in [-0.05, 0) is 110 Å². The molecule has 0 radical (unpaired) electrons. The first-order valence-corrected chi connectivity index (χ1v) is 22.6. The maximum Gasteiger partial charge on any atom is 0.303 e. The number of fused-ring (bicyclic) bond motifs is 2. The number of carbonyl (C=O) groups is 4. The van der Waals surface area contributed by atoms with Crippen LogP contribution >= 0.6 is 0 Å². The van der Waals surface area contributed by atoms with Crippen molar-refractivity contribution in [2.45, 2.75) is 96.2 Å². The minimum atomic E-state index is -1.50. The maximum atomic E-state index is 12.7. The van der Waals surface area contributed by atoms with E-state index >= 15 is 0 Å². The molecular weight excluding hydrogens is 881 g/mol. The number of hydrogen-bond donors (Lipinski definition) is 0. The highest BCUT2D eigenvalue weighted by atomic mass is 16.7. The molecule has 5 aliphatic rings. The summed E-state index contributed by atoms with van der Waals surface area (Å²) in [7, 11) is 9.07. The van der Waals surface area contributed by atoms with Crippen molar-refractivity contribution in [3.8, 4) is 46.0 Å². The quantitative estimate of drug-likeness (QED) is 0.122. The first kappa shape index (κ1) is 47.9. The molecule has 4 aromatic rings. The number of benzene rings is 4. The lowest BCUT2D eigenvalue weighted by Gasteiger charge is -2.44. The van der Waals surface area contributed by atoms with E-state index < -0.39 is 61.2 Å².